The van der Waals surface area contributed by atoms with Gasteiger partial charge in [-0.15, -0.1) is 0 Å². The molecular weight excluding hydrogens is 320 g/mol. The molecule has 0 heterocycles. The number of unbranched alkanes of at least 4 members (excludes halogenated alkanes) is 4. The topological polar surface area (TPSA) is 72.2 Å². The summed E-state index contributed by atoms with van der Waals surface area (Å²) in [6.07, 6.45) is 8.20. The predicted octanol–water partition coefficient (Wildman–Crippen LogP) is 4.13. The van der Waals surface area contributed by atoms with Crippen LogP contribution in [0, 0.1) is 6.92 Å². The highest BCUT2D eigenvalue weighted by Gasteiger charge is 2.24. The first-order valence-electron chi connectivity index (χ1n) is 9.25. The van der Waals surface area contributed by atoms with Gasteiger partial charge in [0.05, 0.1) is 4.90 Å². The third kappa shape index (κ3) is 7.32. The van der Waals surface area contributed by atoms with Gasteiger partial charge in [0.25, 0.3) is 0 Å². The molecule has 1 rings (SSSR count). The normalized spacial score (nSPS) is 14.5. The lowest BCUT2D eigenvalue weighted by molar-refractivity contribution is 0.408. The van der Waals surface area contributed by atoms with Crippen LogP contribution in [0.2, 0.25) is 0 Å². The van der Waals surface area contributed by atoms with Gasteiger partial charge < -0.3 is 5.73 Å². The monoisotopic (exact) mass is 354 g/mol. The molecule has 0 amide bonds. The third-order valence-electron chi connectivity index (χ3n) is 4.41. The standard InChI is InChI=1S/C19H34N2O2S/c1-4-6-8-10-18(20)19(11-9-7-5-2)21-24(22,23)17-14-12-16(3)13-15-17/h12-15,18-19,21H,4-11,20H2,1-3H3. The van der Waals surface area contributed by atoms with E-state index in [1.807, 2.05) is 19.1 Å². The predicted molar refractivity (Wildman–Crippen MR) is 102 cm³/mol. The summed E-state index contributed by atoms with van der Waals surface area (Å²) in [6, 6.07) is 6.63. The van der Waals surface area contributed by atoms with Gasteiger partial charge in [-0.1, -0.05) is 70.1 Å². The quantitative estimate of drug-likeness (QED) is 0.554. The Hall–Kier alpha value is -0.910. The summed E-state index contributed by atoms with van der Waals surface area (Å²) >= 11 is 0. The number of sulfonamides is 1. The average molecular weight is 355 g/mol. The number of benzene rings is 1. The zero-order valence-electron chi connectivity index (χ0n) is 15.4. The lowest BCUT2D eigenvalue weighted by atomic mass is 9.98. The molecule has 0 saturated carbocycles. The van der Waals surface area contributed by atoms with Crippen molar-refractivity contribution in [3.05, 3.63) is 29.8 Å². The Balaban J connectivity index is 2.79. The number of hydrogen-bond acceptors (Lipinski definition) is 3. The molecule has 24 heavy (non-hydrogen) atoms. The van der Waals surface area contributed by atoms with Gasteiger partial charge in [0.2, 0.25) is 10.0 Å². The smallest absolute Gasteiger partial charge is 0.240 e. The number of nitrogens with two attached hydrogens (primary N) is 1. The molecule has 0 bridgehead atoms. The van der Waals surface area contributed by atoms with Crippen LogP contribution in [0.5, 0.6) is 0 Å². The van der Waals surface area contributed by atoms with Crippen molar-refractivity contribution in [3.8, 4) is 0 Å². The van der Waals surface area contributed by atoms with E-state index in [0.29, 0.717) is 4.90 Å². The fourth-order valence-corrected chi connectivity index (χ4v) is 4.11. The van der Waals surface area contributed by atoms with Gasteiger partial charge >= 0.3 is 0 Å². The van der Waals surface area contributed by atoms with Crippen LogP contribution in [0.1, 0.15) is 70.8 Å². The van der Waals surface area contributed by atoms with Gasteiger partial charge in [0.15, 0.2) is 0 Å². The second-order valence-electron chi connectivity index (χ2n) is 6.70. The highest BCUT2D eigenvalue weighted by Crippen LogP contribution is 2.16. The zero-order chi connectivity index (χ0) is 18.0. The van der Waals surface area contributed by atoms with Crippen molar-refractivity contribution in [2.45, 2.75) is 89.1 Å². The second kappa shape index (κ2) is 10.9. The Kier molecular flexibility index (Phi) is 9.56. The largest absolute Gasteiger partial charge is 0.326 e. The van der Waals surface area contributed by atoms with E-state index >= 15 is 0 Å². The zero-order valence-corrected chi connectivity index (χ0v) is 16.2. The molecule has 0 aromatic heterocycles. The molecule has 1 aromatic carbocycles. The summed E-state index contributed by atoms with van der Waals surface area (Å²) in [6.45, 7) is 6.25. The van der Waals surface area contributed by atoms with Crippen molar-refractivity contribution in [1.82, 2.24) is 4.72 Å². The molecule has 0 aliphatic heterocycles. The number of rotatable bonds is 12. The molecule has 2 unspecified atom stereocenters. The minimum Gasteiger partial charge on any atom is -0.326 e. The molecule has 0 spiro atoms. The highest BCUT2D eigenvalue weighted by molar-refractivity contribution is 7.89. The summed E-state index contributed by atoms with van der Waals surface area (Å²) in [7, 11) is -3.52. The van der Waals surface area contributed by atoms with Crippen LogP contribution >= 0.6 is 0 Å². The molecule has 0 aliphatic rings. The maximum Gasteiger partial charge on any atom is 0.240 e. The molecule has 3 N–H and O–H groups in total. The van der Waals surface area contributed by atoms with Crippen LogP contribution in [0.4, 0.5) is 0 Å². The van der Waals surface area contributed by atoms with Gasteiger partial charge in [0, 0.05) is 12.1 Å². The van der Waals surface area contributed by atoms with E-state index in [2.05, 4.69) is 18.6 Å². The van der Waals surface area contributed by atoms with Gasteiger partial charge in [-0.2, -0.15) is 0 Å². The van der Waals surface area contributed by atoms with E-state index in [9.17, 15) is 8.42 Å². The van der Waals surface area contributed by atoms with Crippen molar-refractivity contribution in [2.24, 2.45) is 5.73 Å². The minimum atomic E-state index is -3.52. The van der Waals surface area contributed by atoms with Crippen molar-refractivity contribution in [2.75, 3.05) is 0 Å². The van der Waals surface area contributed by atoms with E-state index in [-0.39, 0.29) is 12.1 Å². The average Bonchev–Trinajstić information content (AvgIpc) is 2.54. The van der Waals surface area contributed by atoms with E-state index in [1.54, 1.807) is 12.1 Å². The first-order valence-corrected chi connectivity index (χ1v) is 10.7. The molecule has 4 nitrogen and oxygen atoms in total. The van der Waals surface area contributed by atoms with Crippen LogP contribution in [0.15, 0.2) is 29.2 Å². The maximum atomic E-state index is 12.7. The van der Waals surface area contributed by atoms with Crippen molar-refractivity contribution >= 4 is 10.0 Å². The molecule has 0 fully saturated rings. The first kappa shape index (κ1) is 21.1. The van der Waals surface area contributed by atoms with Gasteiger partial charge in [-0.25, -0.2) is 13.1 Å². The van der Waals surface area contributed by atoms with Crippen LogP contribution in [-0.2, 0) is 10.0 Å². The summed E-state index contributed by atoms with van der Waals surface area (Å²) in [4.78, 5) is 0.314. The molecule has 0 radical (unpaired) electrons. The molecule has 1 aromatic rings. The summed E-state index contributed by atoms with van der Waals surface area (Å²) < 4.78 is 28.2. The Morgan fingerprint density at radius 1 is 0.958 bits per heavy atom. The Morgan fingerprint density at radius 3 is 2.04 bits per heavy atom. The van der Waals surface area contributed by atoms with Crippen molar-refractivity contribution in [1.29, 1.82) is 0 Å². The third-order valence-corrected chi connectivity index (χ3v) is 5.92. The van der Waals surface area contributed by atoms with Crippen molar-refractivity contribution in [3.63, 3.8) is 0 Å². The maximum absolute atomic E-state index is 12.7. The number of hydrogen-bond donors (Lipinski definition) is 2. The number of aryl methyl sites for hydroxylation is 1. The number of nitrogens with one attached hydrogen (secondary N) is 1. The van der Waals surface area contributed by atoms with Gasteiger partial charge in [0.1, 0.15) is 0 Å². The summed E-state index contributed by atoms with van der Waals surface area (Å²) in [5.74, 6) is 0. The molecular formula is C19H34N2O2S. The van der Waals surface area contributed by atoms with Gasteiger partial charge in [-0.05, 0) is 31.9 Å². The van der Waals surface area contributed by atoms with Crippen LogP contribution in [0.3, 0.4) is 0 Å². The minimum absolute atomic E-state index is 0.131. The van der Waals surface area contributed by atoms with E-state index in [4.69, 9.17) is 5.73 Å². The summed E-state index contributed by atoms with van der Waals surface area (Å²) in [5, 5.41) is 0. The van der Waals surface area contributed by atoms with Crippen LogP contribution in [-0.4, -0.2) is 20.5 Å². The first-order chi connectivity index (χ1) is 11.4. The second-order valence-corrected chi connectivity index (χ2v) is 8.41. The Bertz CT molecular complexity index is 555. The van der Waals surface area contributed by atoms with E-state index in [0.717, 1.165) is 56.9 Å². The van der Waals surface area contributed by atoms with E-state index < -0.39 is 10.0 Å². The summed E-state index contributed by atoms with van der Waals surface area (Å²) in [5.41, 5.74) is 7.37. The van der Waals surface area contributed by atoms with Gasteiger partial charge in [-0.3, -0.25) is 0 Å². The lowest BCUT2D eigenvalue weighted by Gasteiger charge is -2.25. The fraction of sp³-hybridized carbons (Fsp3) is 0.684. The molecule has 2 atom stereocenters. The molecule has 138 valence electrons. The molecule has 0 aliphatic carbocycles. The van der Waals surface area contributed by atoms with E-state index in [1.165, 1.54) is 0 Å². The van der Waals surface area contributed by atoms with Crippen LogP contribution in [0.25, 0.3) is 0 Å². The fourth-order valence-electron chi connectivity index (χ4n) is 2.79. The SMILES string of the molecule is CCCCCC(N)C(CCCCC)NS(=O)(=O)c1ccc(C)cc1. The highest BCUT2D eigenvalue weighted by atomic mass is 32.2. The molecule has 5 heteroatoms. The Labute approximate surface area is 148 Å². The van der Waals surface area contributed by atoms with Crippen LogP contribution < -0.4 is 10.5 Å². The lowest BCUT2D eigenvalue weighted by Crippen LogP contribution is -2.47. The molecule has 0 saturated heterocycles. The Morgan fingerprint density at radius 2 is 1.50 bits per heavy atom. The van der Waals surface area contributed by atoms with Crippen molar-refractivity contribution < 1.29 is 8.42 Å².